The first-order chi connectivity index (χ1) is 9.86. The molecule has 0 N–H and O–H groups in total. The van der Waals surface area contributed by atoms with E-state index in [-0.39, 0.29) is 11.8 Å². The van der Waals surface area contributed by atoms with E-state index in [0.29, 0.717) is 24.4 Å². The lowest BCUT2D eigenvalue weighted by Gasteiger charge is -2.35. The highest BCUT2D eigenvalue weighted by atomic mass is 127. The van der Waals surface area contributed by atoms with E-state index in [2.05, 4.69) is 27.3 Å². The molecule has 2 rings (SSSR count). The number of fused-ring (bicyclic) bond motifs is 1. The van der Waals surface area contributed by atoms with Gasteiger partial charge >= 0.3 is 0 Å². The van der Waals surface area contributed by atoms with Crippen LogP contribution in [-0.4, -0.2) is 17.6 Å². The van der Waals surface area contributed by atoms with Crippen LogP contribution in [0.1, 0.15) is 20.3 Å². The molecule has 112 valence electrons. The van der Waals surface area contributed by atoms with Gasteiger partial charge in [0.2, 0.25) is 0 Å². The summed E-state index contributed by atoms with van der Waals surface area (Å²) in [5, 5.41) is 20.0. The summed E-state index contributed by atoms with van der Waals surface area (Å²) >= 11 is 2.14. The summed E-state index contributed by atoms with van der Waals surface area (Å²) in [6.45, 7) is 4.35. The molecule has 1 aliphatic rings. The molecule has 1 unspecified atom stereocenters. The van der Waals surface area contributed by atoms with Gasteiger partial charge in [-0.1, -0.05) is 0 Å². The van der Waals surface area contributed by atoms with Crippen LogP contribution in [-0.2, 0) is 0 Å². The standard InChI is InChI=1S/C13H14IN3O3S/c1-13(2,8-15)6-10-7-16(21-14)11-5-9(17(18)19)3-4-12(11)20-10/h3-5,10H,6-7H2,1-2H3. The molecule has 1 aliphatic heterocycles. The predicted molar refractivity (Wildman–Crippen MR) is 90.5 cm³/mol. The van der Waals surface area contributed by atoms with Crippen molar-refractivity contribution in [2.75, 3.05) is 10.8 Å². The molecule has 0 bridgehead atoms. The van der Waals surface area contributed by atoms with Gasteiger partial charge in [0.25, 0.3) is 5.69 Å². The zero-order valence-corrected chi connectivity index (χ0v) is 14.6. The van der Waals surface area contributed by atoms with Crippen LogP contribution < -0.4 is 9.04 Å². The fourth-order valence-electron chi connectivity index (χ4n) is 2.20. The molecule has 1 aromatic carbocycles. The third kappa shape index (κ3) is 3.71. The summed E-state index contributed by atoms with van der Waals surface area (Å²) in [6, 6.07) is 6.85. The minimum atomic E-state index is -0.468. The zero-order chi connectivity index (χ0) is 15.6. The van der Waals surface area contributed by atoms with E-state index in [1.165, 1.54) is 21.3 Å². The molecule has 0 aliphatic carbocycles. The normalized spacial score (nSPS) is 17.6. The van der Waals surface area contributed by atoms with Crippen LogP contribution >= 0.6 is 30.3 Å². The van der Waals surface area contributed by atoms with Crippen LogP contribution in [0, 0.1) is 26.9 Å². The Morgan fingerprint density at radius 2 is 2.38 bits per heavy atom. The predicted octanol–water partition coefficient (Wildman–Crippen LogP) is 4.10. The van der Waals surface area contributed by atoms with Crippen molar-refractivity contribution in [2.45, 2.75) is 26.4 Å². The number of nitro benzene ring substituents is 1. The van der Waals surface area contributed by atoms with E-state index in [1.807, 2.05) is 18.2 Å². The number of halogens is 1. The number of ether oxygens (including phenoxy) is 1. The maximum absolute atomic E-state index is 10.9. The third-order valence-corrected chi connectivity index (χ3v) is 5.15. The Morgan fingerprint density at radius 1 is 1.67 bits per heavy atom. The van der Waals surface area contributed by atoms with E-state index in [4.69, 9.17) is 10.00 Å². The SMILES string of the molecule is CC(C)(C#N)CC1CN(SI)c2cc([N+](=O)[O-])ccc2O1. The molecule has 0 saturated heterocycles. The highest BCUT2D eigenvalue weighted by Gasteiger charge is 2.32. The topological polar surface area (TPSA) is 79.4 Å². The number of anilines is 1. The summed E-state index contributed by atoms with van der Waals surface area (Å²) in [6.07, 6.45) is 0.490. The average molecular weight is 419 g/mol. The second-order valence-corrected chi connectivity index (χ2v) is 7.24. The monoisotopic (exact) mass is 419 g/mol. The van der Waals surface area contributed by atoms with Crippen molar-refractivity contribution >= 4 is 41.7 Å². The fourth-order valence-corrected chi connectivity index (χ4v) is 3.76. The van der Waals surface area contributed by atoms with Crippen molar-refractivity contribution in [3.63, 3.8) is 0 Å². The quantitative estimate of drug-likeness (QED) is 0.317. The van der Waals surface area contributed by atoms with Gasteiger partial charge in [-0.15, -0.1) is 0 Å². The Morgan fingerprint density at radius 3 is 2.95 bits per heavy atom. The number of benzene rings is 1. The Labute approximate surface area is 139 Å². The van der Waals surface area contributed by atoms with Gasteiger partial charge in [-0.05, 0) is 19.9 Å². The van der Waals surface area contributed by atoms with Crippen molar-refractivity contribution in [3.8, 4) is 11.8 Å². The number of nitriles is 1. The van der Waals surface area contributed by atoms with E-state index < -0.39 is 10.3 Å². The van der Waals surface area contributed by atoms with Crippen LogP contribution in [0.5, 0.6) is 5.75 Å². The van der Waals surface area contributed by atoms with Gasteiger partial charge in [-0.25, -0.2) is 0 Å². The molecular weight excluding hydrogens is 405 g/mol. The lowest BCUT2D eigenvalue weighted by molar-refractivity contribution is -0.384. The van der Waals surface area contributed by atoms with E-state index in [0.717, 1.165) is 0 Å². The van der Waals surface area contributed by atoms with Crippen molar-refractivity contribution in [2.24, 2.45) is 5.41 Å². The number of hydrogen-bond acceptors (Lipinski definition) is 6. The molecule has 0 saturated carbocycles. The molecule has 0 aromatic heterocycles. The number of hydrogen-bond donors (Lipinski definition) is 0. The zero-order valence-electron chi connectivity index (χ0n) is 11.6. The van der Waals surface area contributed by atoms with Gasteiger partial charge in [-0.2, -0.15) is 5.26 Å². The number of non-ortho nitro benzene ring substituents is 1. The Hall–Kier alpha value is -1.21. The smallest absolute Gasteiger partial charge is 0.271 e. The molecule has 0 spiro atoms. The Bertz CT molecular complexity index is 603. The number of nitro groups is 1. The van der Waals surface area contributed by atoms with E-state index >= 15 is 0 Å². The average Bonchev–Trinajstić information content (AvgIpc) is 2.45. The fraction of sp³-hybridized carbons (Fsp3) is 0.462. The van der Waals surface area contributed by atoms with Crippen molar-refractivity contribution in [1.82, 2.24) is 0 Å². The van der Waals surface area contributed by atoms with Crippen LogP contribution in [0.2, 0.25) is 0 Å². The highest BCUT2D eigenvalue weighted by Crippen LogP contribution is 2.42. The number of rotatable bonds is 4. The first kappa shape index (κ1) is 16.2. The molecule has 0 radical (unpaired) electrons. The summed E-state index contributed by atoms with van der Waals surface area (Å²) < 4.78 is 7.87. The van der Waals surface area contributed by atoms with Gasteiger partial charge < -0.3 is 9.04 Å². The summed E-state index contributed by atoms with van der Waals surface area (Å²) in [4.78, 5) is 10.5. The van der Waals surface area contributed by atoms with Crippen LogP contribution in [0.4, 0.5) is 11.4 Å². The summed E-state index contributed by atoms with van der Waals surface area (Å²) in [5.41, 5.74) is 0.281. The maximum atomic E-state index is 10.9. The molecule has 1 aromatic rings. The Balaban J connectivity index is 2.28. The third-order valence-electron chi connectivity index (χ3n) is 3.21. The first-order valence-corrected chi connectivity index (χ1v) is 9.60. The number of nitrogens with zero attached hydrogens (tertiary/aromatic N) is 3. The minimum Gasteiger partial charge on any atom is -0.486 e. The summed E-state index contributed by atoms with van der Waals surface area (Å²) in [7, 11) is 1.46. The van der Waals surface area contributed by atoms with Crippen LogP contribution in [0.3, 0.4) is 0 Å². The van der Waals surface area contributed by atoms with E-state index in [9.17, 15) is 10.1 Å². The van der Waals surface area contributed by atoms with Gasteiger partial charge in [0.05, 0.1) is 28.6 Å². The highest BCUT2D eigenvalue weighted by molar-refractivity contribution is 14.2. The van der Waals surface area contributed by atoms with Crippen molar-refractivity contribution in [1.29, 1.82) is 5.26 Å². The van der Waals surface area contributed by atoms with Crippen LogP contribution in [0.15, 0.2) is 18.2 Å². The molecular formula is C13H14IN3O3S. The van der Waals surface area contributed by atoms with Gasteiger partial charge in [0.1, 0.15) is 11.9 Å². The lowest BCUT2D eigenvalue weighted by atomic mass is 9.88. The van der Waals surface area contributed by atoms with Gasteiger partial charge in [0, 0.05) is 48.9 Å². The Kier molecular flexibility index (Phi) is 4.83. The molecule has 8 heteroatoms. The minimum absolute atomic E-state index is 0.0450. The lowest BCUT2D eigenvalue weighted by Crippen LogP contribution is -2.38. The second-order valence-electron chi connectivity index (χ2n) is 5.48. The second kappa shape index (κ2) is 6.27. The van der Waals surface area contributed by atoms with Gasteiger partial charge in [-0.3, -0.25) is 10.1 Å². The first-order valence-electron chi connectivity index (χ1n) is 6.29. The molecule has 1 atom stereocenters. The maximum Gasteiger partial charge on any atom is 0.271 e. The van der Waals surface area contributed by atoms with Crippen LogP contribution in [0.25, 0.3) is 0 Å². The summed E-state index contributed by atoms with van der Waals surface area (Å²) in [5.74, 6) is 0.620. The molecule has 0 fully saturated rings. The molecule has 21 heavy (non-hydrogen) atoms. The molecule has 0 amide bonds. The molecule has 1 heterocycles. The van der Waals surface area contributed by atoms with Gasteiger partial charge in [0.15, 0.2) is 0 Å². The van der Waals surface area contributed by atoms with E-state index in [1.54, 1.807) is 6.07 Å². The largest absolute Gasteiger partial charge is 0.486 e. The van der Waals surface area contributed by atoms with Crippen molar-refractivity contribution in [3.05, 3.63) is 28.3 Å². The molecule has 6 nitrogen and oxygen atoms in total. The van der Waals surface area contributed by atoms with Crippen molar-refractivity contribution < 1.29 is 9.66 Å².